The fourth-order valence-corrected chi connectivity index (χ4v) is 2.29. The Labute approximate surface area is 116 Å². The number of benzene rings is 1. The van der Waals surface area contributed by atoms with Crippen molar-refractivity contribution in [2.75, 3.05) is 19.8 Å². The Morgan fingerprint density at radius 3 is 2.84 bits per heavy atom. The zero-order valence-electron chi connectivity index (χ0n) is 11.9. The summed E-state index contributed by atoms with van der Waals surface area (Å²) in [7, 11) is 0. The van der Waals surface area contributed by atoms with Crippen LogP contribution in [0.1, 0.15) is 38.2 Å². The van der Waals surface area contributed by atoms with Gasteiger partial charge in [0.2, 0.25) is 0 Å². The summed E-state index contributed by atoms with van der Waals surface area (Å²) >= 11 is 0. The SMILES string of the molecule is CCCNCc1ccc(OCCC2CCCO2)cc1. The van der Waals surface area contributed by atoms with Crippen molar-refractivity contribution < 1.29 is 9.47 Å². The van der Waals surface area contributed by atoms with Crippen LogP contribution in [0.5, 0.6) is 5.75 Å². The molecule has 1 unspecified atom stereocenters. The molecule has 3 heteroatoms. The Morgan fingerprint density at radius 2 is 2.16 bits per heavy atom. The topological polar surface area (TPSA) is 30.5 Å². The molecule has 0 spiro atoms. The summed E-state index contributed by atoms with van der Waals surface area (Å²) < 4.78 is 11.3. The zero-order chi connectivity index (χ0) is 13.3. The van der Waals surface area contributed by atoms with Crippen molar-refractivity contribution in [1.82, 2.24) is 5.32 Å². The first-order chi connectivity index (χ1) is 9.38. The van der Waals surface area contributed by atoms with Gasteiger partial charge in [-0.25, -0.2) is 0 Å². The average molecular weight is 263 g/mol. The van der Waals surface area contributed by atoms with Crippen LogP contribution in [0.3, 0.4) is 0 Å². The predicted molar refractivity (Wildman–Crippen MR) is 77.5 cm³/mol. The number of hydrogen-bond acceptors (Lipinski definition) is 3. The van der Waals surface area contributed by atoms with Crippen LogP contribution in [0, 0.1) is 0 Å². The van der Waals surface area contributed by atoms with Gasteiger partial charge in [0, 0.05) is 19.6 Å². The Morgan fingerprint density at radius 1 is 1.32 bits per heavy atom. The fourth-order valence-electron chi connectivity index (χ4n) is 2.29. The average Bonchev–Trinajstić information content (AvgIpc) is 2.94. The normalized spacial score (nSPS) is 18.7. The minimum atomic E-state index is 0.414. The minimum absolute atomic E-state index is 0.414. The van der Waals surface area contributed by atoms with Crippen molar-refractivity contribution in [3.8, 4) is 5.75 Å². The maximum Gasteiger partial charge on any atom is 0.119 e. The second kappa shape index (κ2) is 8.18. The predicted octanol–water partition coefficient (Wildman–Crippen LogP) is 3.13. The van der Waals surface area contributed by atoms with Crippen molar-refractivity contribution in [3.63, 3.8) is 0 Å². The monoisotopic (exact) mass is 263 g/mol. The van der Waals surface area contributed by atoms with E-state index in [1.807, 2.05) is 0 Å². The summed E-state index contributed by atoms with van der Waals surface area (Å²) in [6, 6.07) is 8.37. The Hall–Kier alpha value is -1.06. The van der Waals surface area contributed by atoms with E-state index < -0.39 is 0 Å². The molecule has 19 heavy (non-hydrogen) atoms. The van der Waals surface area contributed by atoms with Gasteiger partial charge in [-0.3, -0.25) is 0 Å². The van der Waals surface area contributed by atoms with Crippen molar-refractivity contribution in [3.05, 3.63) is 29.8 Å². The lowest BCUT2D eigenvalue weighted by Crippen LogP contribution is -2.13. The Bertz CT molecular complexity index is 344. The third kappa shape index (κ3) is 5.21. The number of nitrogens with one attached hydrogen (secondary N) is 1. The van der Waals surface area contributed by atoms with Crippen molar-refractivity contribution in [1.29, 1.82) is 0 Å². The lowest BCUT2D eigenvalue weighted by Gasteiger charge is -2.11. The first-order valence-electron chi connectivity index (χ1n) is 7.42. The van der Waals surface area contributed by atoms with Crippen molar-refractivity contribution >= 4 is 0 Å². The maximum absolute atomic E-state index is 5.75. The standard InChI is InChI=1S/C16H25NO2/c1-2-10-17-13-14-5-7-16(8-6-14)19-12-9-15-4-3-11-18-15/h5-8,15,17H,2-4,9-13H2,1H3. The van der Waals surface area contributed by atoms with Crippen LogP contribution in [0.4, 0.5) is 0 Å². The summed E-state index contributed by atoms with van der Waals surface area (Å²) in [6.07, 6.45) is 4.97. The molecule has 106 valence electrons. The molecule has 1 aromatic carbocycles. The molecule has 0 saturated carbocycles. The Kier molecular flexibility index (Phi) is 6.18. The molecule has 1 aromatic rings. The van der Waals surface area contributed by atoms with E-state index in [0.717, 1.165) is 38.5 Å². The molecule has 1 aliphatic rings. The summed E-state index contributed by atoms with van der Waals surface area (Å²) in [6.45, 7) is 5.85. The lowest BCUT2D eigenvalue weighted by molar-refractivity contribution is 0.0903. The molecule has 0 aliphatic carbocycles. The molecule has 1 atom stereocenters. The van der Waals surface area contributed by atoms with Crippen LogP contribution < -0.4 is 10.1 Å². The van der Waals surface area contributed by atoms with Gasteiger partial charge in [-0.05, 0) is 43.5 Å². The van der Waals surface area contributed by atoms with Crippen molar-refractivity contribution in [2.45, 2.75) is 45.3 Å². The third-order valence-electron chi connectivity index (χ3n) is 3.41. The molecule has 0 radical (unpaired) electrons. The Balaban J connectivity index is 1.66. The van der Waals surface area contributed by atoms with Crippen LogP contribution in [-0.2, 0) is 11.3 Å². The summed E-state index contributed by atoms with van der Waals surface area (Å²) in [4.78, 5) is 0. The van der Waals surface area contributed by atoms with E-state index in [-0.39, 0.29) is 0 Å². The fraction of sp³-hybridized carbons (Fsp3) is 0.625. The molecule has 1 aliphatic heterocycles. The van der Waals surface area contributed by atoms with Gasteiger partial charge in [0.25, 0.3) is 0 Å². The van der Waals surface area contributed by atoms with Gasteiger partial charge in [-0.1, -0.05) is 19.1 Å². The number of hydrogen-bond donors (Lipinski definition) is 1. The van der Waals surface area contributed by atoms with E-state index in [0.29, 0.717) is 6.10 Å². The van der Waals surface area contributed by atoms with Crippen LogP contribution in [0.25, 0.3) is 0 Å². The van der Waals surface area contributed by atoms with E-state index in [1.165, 1.54) is 24.8 Å². The van der Waals surface area contributed by atoms with E-state index in [4.69, 9.17) is 9.47 Å². The highest BCUT2D eigenvalue weighted by molar-refractivity contribution is 5.27. The lowest BCUT2D eigenvalue weighted by atomic mass is 10.2. The molecule has 0 amide bonds. The van der Waals surface area contributed by atoms with Crippen LogP contribution >= 0.6 is 0 Å². The number of ether oxygens (including phenoxy) is 2. The smallest absolute Gasteiger partial charge is 0.119 e. The summed E-state index contributed by atoms with van der Waals surface area (Å²) in [5.41, 5.74) is 1.31. The third-order valence-corrected chi connectivity index (χ3v) is 3.41. The maximum atomic E-state index is 5.75. The molecule has 1 saturated heterocycles. The molecule has 2 rings (SSSR count). The van der Waals surface area contributed by atoms with Crippen LogP contribution in [0.2, 0.25) is 0 Å². The molecule has 1 N–H and O–H groups in total. The molecule has 1 fully saturated rings. The summed E-state index contributed by atoms with van der Waals surface area (Å²) in [5, 5.41) is 3.39. The largest absolute Gasteiger partial charge is 0.493 e. The molecular formula is C16H25NO2. The quantitative estimate of drug-likeness (QED) is 0.731. The van der Waals surface area contributed by atoms with E-state index in [2.05, 4.69) is 36.5 Å². The van der Waals surface area contributed by atoms with Crippen LogP contribution in [-0.4, -0.2) is 25.9 Å². The molecular weight excluding hydrogens is 238 g/mol. The van der Waals surface area contributed by atoms with Gasteiger partial charge in [0.15, 0.2) is 0 Å². The highest BCUT2D eigenvalue weighted by atomic mass is 16.5. The highest BCUT2D eigenvalue weighted by Gasteiger charge is 2.14. The first-order valence-corrected chi connectivity index (χ1v) is 7.42. The van der Waals surface area contributed by atoms with E-state index >= 15 is 0 Å². The summed E-state index contributed by atoms with van der Waals surface area (Å²) in [5.74, 6) is 0.956. The zero-order valence-corrected chi connectivity index (χ0v) is 11.9. The van der Waals surface area contributed by atoms with Gasteiger partial charge in [0.05, 0.1) is 12.7 Å². The molecule has 0 bridgehead atoms. The molecule has 0 aromatic heterocycles. The van der Waals surface area contributed by atoms with Gasteiger partial charge >= 0.3 is 0 Å². The van der Waals surface area contributed by atoms with E-state index in [1.54, 1.807) is 0 Å². The van der Waals surface area contributed by atoms with Crippen LogP contribution in [0.15, 0.2) is 24.3 Å². The highest BCUT2D eigenvalue weighted by Crippen LogP contribution is 2.17. The van der Waals surface area contributed by atoms with Gasteiger partial charge in [-0.2, -0.15) is 0 Å². The second-order valence-electron chi connectivity index (χ2n) is 5.09. The number of rotatable bonds is 8. The molecule has 3 nitrogen and oxygen atoms in total. The minimum Gasteiger partial charge on any atom is -0.493 e. The molecule has 1 heterocycles. The second-order valence-corrected chi connectivity index (χ2v) is 5.09. The van der Waals surface area contributed by atoms with Gasteiger partial charge in [-0.15, -0.1) is 0 Å². The van der Waals surface area contributed by atoms with E-state index in [9.17, 15) is 0 Å². The first kappa shape index (κ1) is 14.4. The van der Waals surface area contributed by atoms with Crippen molar-refractivity contribution in [2.24, 2.45) is 0 Å². The van der Waals surface area contributed by atoms with Gasteiger partial charge < -0.3 is 14.8 Å². The van der Waals surface area contributed by atoms with Gasteiger partial charge in [0.1, 0.15) is 5.75 Å².